The molecular formula is C7H16Cl2F2N2. The molecule has 0 spiro atoms. The van der Waals surface area contributed by atoms with Crippen LogP contribution in [0, 0.1) is 0 Å². The molecule has 0 amide bonds. The summed E-state index contributed by atoms with van der Waals surface area (Å²) in [4.78, 5) is 1.66. The monoisotopic (exact) mass is 236 g/mol. The molecule has 1 N–H and O–H groups in total. The minimum atomic E-state index is -2.57. The number of alkyl halides is 2. The van der Waals surface area contributed by atoms with Crippen molar-refractivity contribution < 1.29 is 8.78 Å². The second-order valence-corrected chi connectivity index (χ2v) is 3.13. The lowest BCUT2D eigenvalue weighted by molar-refractivity contribution is -0.0822. The van der Waals surface area contributed by atoms with Crippen LogP contribution in [0.3, 0.4) is 0 Å². The third-order valence-corrected chi connectivity index (χ3v) is 2.14. The number of piperidine rings is 1. The Morgan fingerprint density at radius 1 is 1.38 bits per heavy atom. The fourth-order valence-corrected chi connectivity index (χ4v) is 1.47. The highest BCUT2D eigenvalue weighted by molar-refractivity contribution is 5.85. The van der Waals surface area contributed by atoms with Crippen molar-refractivity contribution in [2.45, 2.75) is 18.4 Å². The van der Waals surface area contributed by atoms with Crippen LogP contribution in [-0.2, 0) is 0 Å². The number of nitrogens with one attached hydrogen (secondary N) is 1. The van der Waals surface area contributed by atoms with E-state index in [2.05, 4.69) is 5.32 Å². The zero-order chi connectivity index (χ0) is 8.48. The summed E-state index contributed by atoms with van der Waals surface area (Å²) in [6.45, 7) is 0.625. The van der Waals surface area contributed by atoms with E-state index in [1.807, 2.05) is 0 Å². The molecule has 0 saturated carbocycles. The first-order valence-corrected chi connectivity index (χ1v) is 3.80. The minimum Gasteiger partial charge on any atom is -0.312 e. The molecule has 0 aromatic heterocycles. The van der Waals surface area contributed by atoms with E-state index >= 15 is 0 Å². The van der Waals surface area contributed by atoms with Gasteiger partial charge in [0.2, 0.25) is 0 Å². The molecule has 1 rings (SSSR count). The average molecular weight is 237 g/mol. The summed E-state index contributed by atoms with van der Waals surface area (Å²) in [5.41, 5.74) is 0. The second kappa shape index (κ2) is 5.96. The summed E-state index contributed by atoms with van der Waals surface area (Å²) in [7, 11) is 3.31. The lowest BCUT2D eigenvalue weighted by atomic mass is 10.0. The highest BCUT2D eigenvalue weighted by atomic mass is 35.5. The summed E-state index contributed by atoms with van der Waals surface area (Å²) < 4.78 is 26.0. The second-order valence-electron chi connectivity index (χ2n) is 3.13. The quantitative estimate of drug-likeness (QED) is 0.741. The molecule has 0 radical (unpaired) electrons. The van der Waals surface area contributed by atoms with Gasteiger partial charge in [0.25, 0.3) is 5.92 Å². The maximum absolute atomic E-state index is 13.0. The maximum atomic E-state index is 13.0. The third-order valence-electron chi connectivity index (χ3n) is 2.14. The third kappa shape index (κ3) is 3.94. The van der Waals surface area contributed by atoms with Gasteiger partial charge in [-0.2, -0.15) is 0 Å². The number of rotatable bonds is 1. The van der Waals surface area contributed by atoms with Gasteiger partial charge in [0, 0.05) is 0 Å². The molecule has 2 nitrogen and oxygen atoms in total. The summed E-state index contributed by atoms with van der Waals surface area (Å²) in [6, 6.07) is -0.640. The lowest BCUT2D eigenvalue weighted by Crippen LogP contribution is -2.55. The van der Waals surface area contributed by atoms with Crippen LogP contribution in [-0.4, -0.2) is 44.0 Å². The topological polar surface area (TPSA) is 15.3 Å². The van der Waals surface area contributed by atoms with Gasteiger partial charge in [0.1, 0.15) is 0 Å². The largest absolute Gasteiger partial charge is 0.312 e. The first-order valence-electron chi connectivity index (χ1n) is 3.80. The van der Waals surface area contributed by atoms with Crippen LogP contribution >= 0.6 is 24.8 Å². The van der Waals surface area contributed by atoms with E-state index in [9.17, 15) is 8.78 Å². The van der Waals surface area contributed by atoms with Gasteiger partial charge in [-0.15, -0.1) is 24.8 Å². The van der Waals surface area contributed by atoms with Crippen LogP contribution in [0.1, 0.15) is 6.42 Å². The van der Waals surface area contributed by atoms with Crippen LogP contribution in [0.2, 0.25) is 0 Å². The molecule has 1 fully saturated rings. The van der Waals surface area contributed by atoms with Gasteiger partial charge in [-0.3, -0.25) is 0 Å². The van der Waals surface area contributed by atoms with Gasteiger partial charge in [-0.25, -0.2) is 8.78 Å². The molecule has 0 aromatic rings. The zero-order valence-electron chi connectivity index (χ0n) is 7.72. The Morgan fingerprint density at radius 2 is 1.92 bits per heavy atom. The summed E-state index contributed by atoms with van der Waals surface area (Å²) in [5, 5.41) is 2.64. The van der Waals surface area contributed by atoms with Crippen LogP contribution in [0.15, 0.2) is 0 Å². The van der Waals surface area contributed by atoms with Crippen molar-refractivity contribution in [1.29, 1.82) is 0 Å². The van der Waals surface area contributed by atoms with Crippen LogP contribution in [0.5, 0.6) is 0 Å². The van der Waals surface area contributed by atoms with Crippen LogP contribution < -0.4 is 5.32 Å². The molecule has 13 heavy (non-hydrogen) atoms. The minimum absolute atomic E-state index is 0. The molecule has 1 aliphatic heterocycles. The molecule has 1 atom stereocenters. The summed E-state index contributed by atoms with van der Waals surface area (Å²) in [5.74, 6) is -2.57. The fraction of sp³-hybridized carbons (Fsp3) is 1.00. The molecule has 1 aliphatic rings. The Bertz CT molecular complexity index is 146. The van der Waals surface area contributed by atoms with Crippen molar-refractivity contribution in [2.75, 3.05) is 27.2 Å². The van der Waals surface area contributed by atoms with Crippen LogP contribution in [0.4, 0.5) is 8.78 Å². The van der Waals surface area contributed by atoms with Crippen molar-refractivity contribution in [3.05, 3.63) is 0 Å². The van der Waals surface area contributed by atoms with Gasteiger partial charge >= 0.3 is 0 Å². The van der Waals surface area contributed by atoms with E-state index in [1.54, 1.807) is 19.0 Å². The molecule has 1 heterocycles. The highest BCUT2D eigenvalue weighted by Gasteiger charge is 2.42. The lowest BCUT2D eigenvalue weighted by Gasteiger charge is -2.36. The fourth-order valence-electron chi connectivity index (χ4n) is 1.47. The Labute approximate surface area is 89.9 Å². The van der Waals surface area contributed by atoms with Crippen molar-refractivity contribution in [1.82, 2.24) is 10.2 Å². The van der Waals surface area contributed by atoms with Crippen molar-refractivity contribution >= 4 is 24.8 Å². The Hall–Kier alpha value is 0.360. The highest BCUT2D eigenvalue weighted by Crippen LogP contribution is 2.25. The van der Waals surface area contributed by atoms with E-state index in [1.165, 1.54) is 0 Å². The number of likely N-dealkylation sites (tertiary alicyclic amines) is 1. The smallest absolute Gasteiger partial charge is 0.275 e. The molecule has 82 valence electrons. The van der Waals surface area contributed by atoms with Gasteiger partial charge in [0.05, 0.1) is 12.6 Å². The van der Waals surface area contributed by atoms with E-state index in [-0.39, 0.29) is 31.4 Å². The normalized spacial score (nSPS) is 27.2. The predicted octanol–water partition coefficient (Wildman–Crippen LogP) is 1.39. The van der Waals surface area contributed by atoms with Gasteiger partial charge in [-0.05, 0) is 27.1 Å². The van der Waals surface area contributed by atoms with Crippen LogP contribution in [0.25, 0.3) is 0 Å². The number of hydrogen-bond donors (Lipinski definition) is 1. The standard InChI is InChI=1S/C7H14F2N2.2ClH/c1-10-6-3-4-11(2)5-7(6,8)9;;/h6,10H,3-5H2,1-2H3;2*1H/t6-;;/m0../s1. The van der Waals surface area contributed by atoms with Gasteiger partial charge < -0.3 is 10.2 Å². The number of nitrogens with zero attached hydrogens (tertiary/aromatic N) is 1. The SMILES string of the molecule is CN[C@H]1CCN(C)CC1(F)F.Cl.Cl. The molecule has 1 saturated heterocycles. The van der Waals surface area contributed by atoms with Gasteiger partial charge in [-0.1, -0.05) is 0 Å². The molecule has 0 bridgehead atoms. The Balaban J connectivity index is 0. The maximum Gasteiger partial charge on any atom is 0.275 e. The summed E-state index contributed by atoms with van der Waals surface area (Å²) in [6.07, 6.45) is 0.528. The number of halogens is 4. The zero-order valence-corrected chi connectivity index (χ0v) is 9.35. The van der Waals surface area contributed by atoms with E-state index in [4.69, 9.17) is 0 Å². The van der Waals surface area contributed by atoms with Gasteiger partial charge in [0.15, 0.2) is 0 Å². The average Bonchev–Trinajstić information content (AvgIpc) is 1.85. The van der Waals surface area contributed by atoms with E-state index < -0.39 is 12.0 Å². The Morgan fingerprint density at radius 3 is 2.31 bits per heavy atom. The predicted molar refractivity (Wildman–Crippen MR) is 54.4 cm³/mol. The van der Waals surface area contributed by atoms with Crippen molar-refractivity contribution in [3.8, 4) is 0 Å². The van der Waals surface area contributed by atoms with Crippen molar-refractivity contribution in [3.63, 3.8) is 0 Å². The van der Waals surface area contributed by atoms with Crippen molar-refractivity contribution in [2.24, 2.45) is 0 Å². The Kier molecular flexibility index (Phi) is 7.25. The first kappa shape index (κ1) is 15.8. The number of hydrogen-bond acceptors (Lipinski definition) is 2. The summed E-state index contributed by atoms with van der Waals surface area (Å²) >= 11 is 0. The molecular weight excluding hydrogens is 221 g/mol. The molecule has 6 heteroatoms. The molecule has 0 aliphatic carbocycles. The molecule has 0 aromatic carbocycles. The van der Waals surface area contributed by atoms with E-state index in [0.29, 0.717) is 6.42 Å². The molecule has 0 unspecified atom stereocenters. The first-order chi connectivity index (χ1) is 5.06. The van der Waals surface area contributed by atoms with E-state index in [0.717, 1.165) is 6.54 Å².